The van der Waals surface area contributed by atoms with Crippen LogP contribution in [-0.2, 0) is 9.59 Å². The maximum atomic E-state index is 11.0. The van der Waals surface area contributed by atoms with Crippen molar-refractivity contribution in [2.45, 2.75) is 0 Å². The van der Waals surface area contributed by atoms with Crippen molar-refractivity contribution in [2.24, 2.45) is 0 Å². The molecule has 1 heterocycles. The summed E-state index contributed by atoms with van der Waals surface area (Å²) >= 11 is 0. The average Bonchev–Trinajstić information content (AvgIpc) is 1.93. The van der Waals surface area contributed by atoms with E-state index in [2.05, 4.69) is 14.6 Å². The Labute approximate surface area is 67.5 Å². The number of carbonyl (C=O) groups is 2. The third-order valence-electron chi connectivity index (χ3n) is 1.53. The first-order chi connectivity index (χ1) is 5.20. The van der Waals surface area contributed by atoms with Gasteiger partial charge in [0, 0.05) is 13.1 Å². The topological polar surface area (TPSA) is 49.4 Å². The van der Waals surface area contributed by atoms with E-state index in [1.807, 2.05) is 0 Å². The Morgan fingerprint density at radius 2 is 2.45 bits per heavy atom. The summed E-state index contributed by atoms with van der Waals surface area (Å²) < 4.78 is 0. The van der Waals surface area contributed by atoms with E-state index in [-0.39, 0.29) is 18.0 Å². The fraction of sp³-hybridized carbons (Fsp3) is 0.667. The van der Waals surface area contributed by atoms with Crippen molar-refractivity contribution in [3.05, 3.63) is 0 Å². The van der Waals surface area contributed by atoms with E-state index in [9.17, 15) is 9.59 Å². The van der Waals surface area contributed by atoms with Crippen LogP contribution in [0.1, 0.15) is 0 Å². The summed E-state index contributed by atoms with van der Waals surface area (Å²) in [6.07, 6.45) is 0. The number of piperazine rings is 1. The molecule has 62 valence electrons. The molecule has 1 atom stereocenters. The molecular weight excluding hydrogens is 163 g/mol. The average molecular weight is 174 g/mol. The van der Waals surface area contributed by atoms with Crippen LogP contribution < -0.4 is 5.32 Å². The number of nitrogens with zero attached hydrogens (tertiary/aromatic N) is 1. The van der Waals surface area contributed by atoms with Crippen molar-refractivity contribution in [1.29, 1.82) is 0 Å². The Kier molecular flexibility index (Phi) is 2.97. The Hall–Kier alpha value is -0.470. The highest BCUT2D eigenvalue weighted by atomic mass is 31.0. The fourth-order valence-electron chi connectivity index (χ4n) is 1.00. The van der Waals surface area contributed by atoms with E-state index in [1.165, 1.54) is 0 Å². The minimum atomic E-state index is -0.0414. The lowest BCUT2D eigenvalue weighted by molar-refractivity contribution is -0.134. The second-order valence-corrected chi connectivity index (χ2v) is 3.10. The molecule has 0 spiro atoms. The summed E-state index contributed by atoms with van der Waals surface area (Å²) in [5.74, 6) is 0.00653. The summed E-state index contributed by atoms with van der Waals surface area (Å²) in [6.45, 7) is 2.01. The molecule has 0 bridgehead atoms. The first kappa shape index (κ1) is 8.62. The smallest absolute Gasteiger partial charge is 0.236 e. The lowest BCUT2D eigenvalue weighted by Gasteiger charge is -2.25. The zero-order chi connectivity index (χ0) is 8.27. The molecule has 1 saturated heterocycles. The molecule has 0 aromatic carbocycles. The molecule has 0 aromatic heterocycles. The SMILES string of the molecule is O=C(P)CN1CCNCC1=O. The molecule has 1 fully saturated rings. The number of carbonyl (C=O) groups excluding carboxylic acids is 2. The van der Waals surface area contributed by atoms with Gasteiger partial charge < -0.3 is 10.2 Å². The largest absolute Gasteiger partial charge is 0.333 e. The molecule has 0 aliphatic carbocycles. The molecule has 11 heavy (non-hydrogen) atoms. The van der Waals surface area contributed by atoms with Crippen LogP contribution in [0, 0.1) is 0 Å². The number of hydrogen-bond donors (Lipinski definition) is 1. The Morgan fingerprint density at radius 1 is 1.73 bits per heavy atom. The van der Waals surface area contributed by atoms with Crippen molar-refractivity contribution < 1.29 is 9.59 Å². The number of rotatable bonds is 2. The molecule has 0 saturated carbocycles. The monoisotopic (exact) mass is 174 g/mol. The van der Waals surface area contributed by atoms with Gasteiger partial charge in [0.05, 0.1) is 13.1 Å². The van der Waals surface area contributed by atoms with E-state index < -0.39 is 0 Å². The van der Waals surface area contributed by atoms with Crippen LogP contribution in [0.2, 0.25) is 0 Å². The highest BCUT2D eigenvalue weighted by Gasteiger charge is 2.17. The zero-order valence-electron chi connectivity index (χ0n) is 6.17. The highest BCUT2D eigenvalue weighted by Crippen LogP contribution is 1.96. The molecule has 5 heteroatoms. The van der Waals surface area contributed by atoms with Crippen LogP contribution in [-0.4, -0.2) is 42.5 Å². The molecule has 1 rings (SSSR count). The van der Waals surface area contributed by atoms with E-state index >= 15 is 0 Å². The maximum absolute atomic E-state index is 11.0. The van der Waals surface area contributed by atoms with Gasteiger partial charge in [-0.1, -0.05) is 9.24 Å². The number of nitrogens with one attached hydrogen (secondary N) is 1. The summed E-state index contributed by atoms with van der Waals surface area (Å²) in [5.41, 5.74) is -0.0414. The first-order valence-corrected chi connectivity index (χ1v) is 4.04. The minimum absolute atomic E-state index is 0.00653. The van der Waals surface area contributed by atoms with Gasteiger partial charge in [-0.15, -0.1) is 0 Å². The predicted octanol–water partition coefficient (Wildman–Crippen LogP) is -1.18. The summed E-state index contributed by atoms with van der Waals surface area (Å²) in [4.78, 5) is 23.2. The lowest BCUT2D eigenvalue weighted by Crippen LogP contribution is -2.49. The second-order valence-electron chi connectivity index (χ2n) is 2.46. The molecule has 1 N–H and O–H groups in total. The molecule has 1 unspecified atom stereocenters. The van der Waals surface area contributed by atoms with Gasteiger partial charge in [-0.3, -0.25) is 9.59 Å². The van der Waals surface area contributed by atoms with Crippen molar-refractivity contribution in [3.63, 3.8) is 0 Å². The number of amides is 1. The molecule has 1 aliphatic heterocycles. The Bertz CT molecular complexity index is 183. The Morgan fingerprint density at radius 3 is 3.00 bits per heavy atom. The van der Waals surface area contributed by atoms with Crippen molar-refractivity contribution in [3.8, 4) is 0 Å². The van der Waals surface area contributed by atoms with Crippen LogP contribution >= 0.6 is 9.24 Å². The van der Waals surface area contributed by atoms with Crippen LogP contribution in [0.15, 0.2) is 0 Å². The summed E-state index contributed by atoms with van der Waals surface area (Å²) in [5, 5.41) is 2.93. The number of hydrogen-bond acceptors (Lipinski definition) is 3. The van der Waals surface area contributed by atoms with Crippen molar-refractivity contribution >= 4 is 20.7 Å². The van der Waals surface area contributed by atoms with E-state index in [1.54, 1.807) is 4.90 Å². The Balaban J connectivity index is 2.42. The molecule has 4 nitrogen and oxygen atoms in total. The minimum Gasteiger partial charge on any atom is -0.333 e. The standard InChI is InChI=1S/C6H11N2O2P/c9-5-3-7-1-2-8(5)4-6(10)11/h7H,1-4,11H2. The predicted molar refractivity (Wildman–Crippen MR) is 44.2 cm³/mol. The third kappa shape index (κ3) is 2.56. The van der Waals surface area contributed by atoms with Crippen molar-refractivity contribution in [1.82, 2.24) is 10.2 Å². The quantitative estimate of drug-likeness (QED) is 0.536. The first-order valence-electron chi connectivity index (χ1n) is 3.47. The van der Waals surface area contributed by atoms with Gasteiger partial charge in [-0.25, -0.2) is 0 Å². The van der Waals surface area contributed by atoms with Gasteiger partial charge in [0.15, 0.2) is 5.52 Å². The highest BCUT2D eigenvalue weighted by molar-refractivity contribution is 7.40. The van der Waals surface area contributed by atoms with E-state index in [4.69, 9.17) is 0 Å². The molecule has 1 amide bonds. The molecule has 0 aromatic rings. The van der Waals surface area contributed by atoms with Gasteiger partial charge in [-0.2, -0.15) is 0 Å². The molecule has 1 aliphatic rings. The van der Waals surface area contributed by atoms with Crippen LogP contribution in [0.5, 0.6) is 0 Å². The van der Waals surface area contributed by atoms with Crippen molar-refractivity contribution in [2.75, 3.05) is 26.2 Å². The summed E-state index contributed by atoms with van der Waals surface area (Å²) in [6, 6.07) is 0. The van der Waals surface area contributed by atoms with Gasteiger partial charge in [0.25, 0.3) is 0 Å². The third-order valence-corrected chi connectivity index (χ3v) is 1.72. The lowest BCUT2D eigenvalue weighted by atomic mass is 10.3. The normalized spacial score (nSPS) is 18.6. The molecular formula is C6H11N2O2P. The fourth-order valence-corrected chi connectivity index (χ4v) is 1.22. The van der Waals surface area contributed by atoms with Crippen LogP contribution in [0.25, 0.3) is 0 Å². The van der Waals surface area contributed by atoms with Gasteiger partial charge in [0.1, 0.15) is 0 Å². The van der Waals surface area contributed by atoms with Gasteiger partial charge >= 0.3 is 0 Å². The zero-order valence-corrected chi connectivity index (χ0v) is 7.32. The van der Waals surface area contributed by atoms with Gasteiger partial charge in [-0.05, 0) is 0 Å². The maximum Gasteiger partial charge on any atom is 0.236 e. The van der Waals surface area contributed by atoms with Crippen LogP contribution in [0.3, 0.4) is 0 Å². The summed E-state index contributed by atoms with van der Waals surface area (Å²) in [7, 11) is 2.07. The van der Waals surface area contributed by atoms with E-state index in [0.29, 0.717) is 13.1 Å². The second kappa shape index (κ2) is 3.79. The van der Waals surface area contributed by atoms with E-state index in [0.717, 1.165) is 6.54 Å². The van der Waals surface area contributed by atoms with Gasteiger partial charge in [0.2, 0.25) is 5.91 Å². The van der Waals surface area contributed by atoms with Crippen LogP contribution in [0.4, 0.5) is 0 Å². The molecule has 0 radical (unpaired) electrons.